The van der Waals surface area contributed by atoms with Gasteiger partial charge in [-0.2, -0.15) is 4.98 Å². The van der Waals surface area contributed by atoms with Crippen LogP contribution in [0, 0.1) is 0 Å². The molecule has 2 rings (SSSR count). The first-order valence-corrected chi connectivity index (χ1v) is 8.28. The van der Waals surface area contributed by atoms with Gasteiger partial charge in [-0.25, -0.2) is 9.59 Å². The fraction of sp³-hybridized carbons (Fsp3) is 0.471. The average Bonchev–Trinajstić information content (AvgIpc) is 2.90. The third-order valence-electron chi connectivity index (χ3n) is 3.91. The van der Waals surface area contributed by atoms with Crippen LogP contribution in [0.5, 0.6) is 0 Å². The standard InChI is InChI=1S/C17H21N3O8/c1-6-11-7-20(16(23)18-14(11)19-17(24)25-5)15-13(28-10(4)22)12(8(2)26-15)27-9(3)21/h6-8,12-13,15H,1H2,2-5H3,(H,18,19,23,24)/t8-,12-,13-,15-/m1/s1. The first-order chi connectivity index (χ1) is 13.2. The van der Waals surface area contributed by atoms with Crippen molar-refractivity contribution in [2.45, 2.75) is 45.3 Å². The molecule has 0 bridgehead atoms. The van der Waals surface area contributed by atoms with Crippen molar-refractivity contribution in [3.8, 4) is 0 Å². The lowest BCUT2D eigenvalue weighted by Crippen LogP contribution is -2.40. The summed E-state index contributed by atoms with van der Waals surface area (Å²) in [4.78, 5) is 50.7. The summed E-state index contributed by atoms with van der Waals surface area (Å²) in [7, 11) is 1.16. The number of ether oxygens (including phenoxy) is 4. The SMILES string of the molecule is C=Cc1cn([C@@H]2O[C@H](C)[C@@H](OC(C)=O)[C@H]2OC(C)=O)c(=O)nc1NC(=O)OC. The molecular formula is C17H21N3O8. The second kappa shape index (κ2) is 8.65. The Labute approximate surface area is 160 Å². The number of esters is 2. The number of carbonyl (C=O) groups excluding carboxylic acids is 3. The smallest absolute Gasteiger partial charge is 0.412 e. The summed E-state index contributed by atoms with van der Waals surface area (Å²) in [5, 5.41) is 2.30. The Morgan fingerprint density at radius 1 is 1.25 bits per heavy atom. The number of aromatic nitrogens is 2. The monoisotopic (exact) mass is 395 g/mol. The highest BCUT2D eigenvalue weighted by Gasteiger charge is 2.48. The van der Waals surface area contributed by atoms with Gasteiger partial charge in [0.25, 0.3) is 0 Å². The molecule has 1 aromatic heterocycles. The second-order valence-electron chi connectivity index (χ2n) is 5.94. The summed E-state index contributed by atoms with van der Waals surface area (Å²) in [6, 6.07) is 0. The fourth-order valence-corrected chi connectivity index (χ4v) is 2.76. The van der Waals surface area contributed by atoms with E-state index in [4.69, 9.17) is 14.2 Å². The molecule has 28 heavy (non-hydrogen) atoms. The Bertz CT molecular complexity index is 849. The minimum absolute atomic E-state index is 0.0604. The Morgan fingerprint density at radius 3 is 2.39 bits per heavy atom. The third kappa shape index (κ3) is 4.55. The van der Waals surface area contributed by atoms with E-state index in [0.29, 0.717) is 5.56 Å². The van der Waals surface area contributed by atoms with E-state index in [0.717, 1.165) is 11.7 Å². The second-order valence-corrected chi connectivity index (χ2v) is 5.94. The third-order valence-corrected chi connectivity index (χ3v) is 3.91. The lowest BCUT2D eigenvalue weighted by atomic mass is 10.1. The summed E-state index contributed by atoms with van der Waals surface area (Å²) in [5.74, 6) is -1.29. The molecule has 152 valence electrons. The number of anilines is 1. The highest BCUT2D eigenvalue weighted by atomic mass is 16.6. The van der Waals surface area contributed by atoms with Crippen LogP contribution in [0.4, 0.5) is 10.6 Å². The van der Waals surface area contributed by atoms with Gasteiger partial charge in [0.15, 0.2) is 18.4 Å². The molecule has 0 saturated carbocycles. The van der Waals surface area contributed by atoms with Gasteiger partial charge in [-0.15, -0.1) is 0 Å². The number of rotatable bonds is 5. The summed E-state index contributed by atoms with van der Waals surface area (Å²) >= 11 is 0. The van der Waals surface area contributed by atoms with Crippen molar-refractivity contribution in [2.24, 2.45) is 0 Å². The summed E-state index contributed by atoms with van der Waals surface area (Å²) < 4.78 is 21.7. The van der Waals surface area contributed by atoms with E-state index in [1.165, 1.54) is 26.1 Å². The highest BCUT2D eigenvalue weighted by molar-refractivity contribution is 5.85. The van der Waals surface area contributed by atoms with Crippen LogP contribution in [0.3, 0.4) is 0 Å². The maximum Gasteiger partial charge on any atom is 0.412 e. The molecule has 1 aromatic rings. The van der Waals surface area contributed by atoms with Crippen molar-refractivity contribution in [1.29, 1.82) is 0 Å². The van der Waals surface area contributed by atoms with Crippen molar-refractivity contribution in [3.63, 3.8) is 0 Å². The molecule has 1 fully saturated rings. The zero-order valence-corrected chi connectivity index (χ0v) is 15.8. The number of nitrogens with zero attached hydrogens (tertiary/aromatic N) is 2. The van der Waals surface area contributed by atoms with Gasteiger partial charge in [0, 0.05) is 25.6 Å². The van der Waals surface area contributed by atoms with E-state index in [2.05, 4.69) is 21.6 Å². The Balaban J connectivity index is 2.47. The lowest BCUT2D eigenvalue weighted by molar-refractivity contribution is -0.165. The molecule has 0 aliphatic carbocycles. The van der Waals surface area contributed by atoms with E-state index in [1.807, 2.05) is 0 Å². The van der Waals surface area contributed by atoms with Crippen molar-refractivity contribution in [1.82, 2.24) is 9.55 Å². The average molecular weight is 395 g/mol. The van der Waals surface area contributed by atoms with Gasteiger partial charge < -0.3 is 18.9 Å². The topological polar surface area (TPSA) is 135 Å². The van der Waals surface area contributed by atoms with Crippen molar-refractivity contribution in [2.75, 3.05) is 12.4 Å². The van der Waals surface area contributed by atoms with Crippen LogP contribution in [0.2, 0.25) is 0 Å². The van der Waals surface area contributed by atoms with Crippen molar-refractivity contribution < 1.29 is 33.3 Å². The number of hydrogen-bond donors (Lipinski definition) is 1. The van der Waals surface area contributed by atoms with Crippen LogP contribution in [0.15, 0.2) is 17.6 Å². The zero-order valence-electron chi connectivity index (χ0n) is 15.8. The van der Waals surface area contributed by atoms with Gasteiger partial charge in [-0.05, 0) is 6.92 Å². The van der Waals surface area contributed by atoms with Crippen LogP contribution < -0.4 is 11.0 Å². The molecule has 11 heteroatoms. The number of hydrogen-bond acceptors (Lipinski definition) is 9. The minimum atomic E-state index is -1.10. The predicted octanol–water partition coefficient (Wildman–Crippen LogP) is 0.845. The molecule has 4 atom stereocenters. The van der Waals surface area contributed by atoms with E-state index in [1.54, 1.807) is 6.92 Å². The lowest BCUT2D eigenvalue weighted by Gasteiger charge is -2.24. The van der Waals surface area contributed by atoms with E-state index in [9.17, 15) is 19.2 Å². The molecule has 1 amide bonds. The number of methoxy groups -OCH3 is 1. The molecule has 1 aliphatic rings. The van der Waals surface area contributed by atoms with Gasteiger partial charge in [0.05, 0.1) is 13.2 Å². The van der Waals surface area contributed by atoms with Crippen LogP contribution in [0.25, 0.3) is 6.08 Å². The minimum Gasteiger partial charge on any atom is -0.456 e. The molecule has 1 saturated heterocycles. The molecule has 11 nitrogen and oxygen atoms in total. The van der Waals surface area contributed by atoms with E-state index in [-0.39, 0.29) is 5.82 Å². The molecule has 1 N–H and O–H groups in total. The first-order valence-electron chi connectivity index (χ1n) is 8.28. The Kier molecular flexibility index (Phi) is 6.52. The van der Waals surface area contributed by atoms with Gasteiger partial charge in [-0.3, -0.25) is 19.5 Å². The molecule has 0 spiro atoms. The summed E-state index contributed by atoms with van der Waals surface area (Å²) in [6.45, 7) is 7.63. The predicted molar refractivity (Wildman–Crippen MR) is 95.3 cm³/mol. The number of amides is 1. The van der Waals surface area contributed by atoms with Crippen LogP contribution >= 0.6 is 0 Å². The largest absolute Gasteiger partial charge is 0.456 e. The fourth-order valence-electron chi connectivity index (χ4n) is 2.76. The zero-order chi connectivity index (χ0) is 21.0. The molecule has 0 aromatic carbocycles. The molecule has 2 heterocycles. The van der Waals surface area contributed by atoms with Gasteiger partial charge in [0.2, 0.25) is 0 Å². The summed E-state index contributed by atoms with van der Waals surface area (Å²) in [5.41, 5.74) is -0.506. The highest BCUT2D eigenvalue weighted by Crippen LogP contribution is 2.33. The quantitative estimate of drug-likeness (QED) is 0.568. The van der Waals surface area contributed by atoms with E-state index >= 15 is 0 Å². The van der Waals surface area contributed by atoms with Crippen LogP contribution in [-0.4, -0.2) is 53.0 Å². The van der Waals surface area contributed by atoms with Gasteiger partial charge in [0.1, 0.15) is 5.82 Å². The normalized spacial score (nSPS) is 23.6. The van der Waals surface area contributed by atoms with Gasteiger partial charge in [-0.1, -0.05) is 12.7 Å². The maximum atomic E-state index is 12.5. The Morgan fingerprint density at radius 2 is 1.86 bits per heavy atom. The maximum absolute atomic E-state index is 12.5. The molecule has 0 radical (unpaired) electrons. The van der Waals surface area contributed by atoms with Crippen molar-refractivity contribution >= 4 is 29.9 Å². The van der Waals surface area contributed by atoms with Crippen LogP contribution in [0.1, 0.15) is 32.6 Å². The first kappa shape index (κ1) is 21.1. The number of carbonyl (C=O) groups is 3. The Hall–Kier alpha value is -3.21. The van der Waals surface area contributed by atoms with Crippen molar-refractivity contribution in [3.05, 3.63) is 28.8 Å². The molecule has 1 aliphatic heterocycles. The van der Waals surface area contributed by atoms with Gasteiger partial charge >= 0.3 is 23.7 Å². The van der Waals surface area contributed by atoms with E-state index < -0.39 is 48.3 Å². The molecular weight excluding hydrogens is 374 g/mol. The summed E-state index contributed by atoms with van der Waals surface area (Å²) in [6.07, 6.45) is -1.88. The van der Waals surface area contributed by atoms with Crippen LogP contribution in [-0.2, 0) is 28.5 Å². The molecule has 0 unspecified atom stereocenters. The number of nitrogens with one attached hydrogen (secondary N) is 1.